The van der Waals surface area contributed by atoms with E-state index in [0.29, 0.717) is 13.0 Å². The van der Waals surface area contributed by atoms with Crippen molar-refractivity contribution in [1.29, 1.82) is 0 Å². The predicted molar refractivity (Wildman–Crippen MR) is 113 cm³/mol. The van der Waals surface area contributed by atoms with E-state index in [4.69, 9.17) is 9.47 Å². The van der Waals surface area contributed by atoms with Crippen molar-refractivity contribution in [3.05, 3.63) is 25.3 Å². The van der Waals surface area contributed by atoms with Gasteiger partial charge in [-0.3, -0.25) is 14.4 Å². The van der Waals surface area contributed by atoms with Gasteiger partial charge >= 0.3 is 5.97 Å². The summed E-state index contributed by atoms with van der Waals surface area (Å²) in [5, 5.41) is 9.58. The average Bonchev–Trinajstić information content (AvgIpc) is 3.28. The molecule has 3 unspecified atom stereocenters. The average molecular weight is 485 g/mol. The Morgan fingerprint density at radius 2 is 2.13 bits per heavy atom. The summed E-state index contributed by atoms with van der Waals surface area (Å²) < 4.78 is 11.6. The van der Waals surface area contributed by atoms with Crippen LogP contribution in [0.4, 0.5) is 0 Å². The van der Waals surface area contributed by atoms with E-state index < -0.39 is 35.6 Å². The molecule has 0 aromatic rings. The molecule has 0 aromatic heterocycles. The second-order valence-electron chi connectivity index (χ2n) is 8.21. The molecular formula is C21H29BrN2O6. The Labute approximate surface area is 185 Å². The lowest BCUT2D eigenvalue weighted by Crippen LogP contribution is -2.58. The number of aliphatic hydroxyl groups excluding tert-OH is 1. The van der Waals surface area contributed by atoms with Gasteiger partial charge in [0.25, 0.3) is 0 Å². The molecule has 3 saturated heterocycles. The maximum Gasteiger partial charge on any atom is 0.312 e. The monoisotopic (exact) mass is 484 g/mol. The van der Waals surface area contributed by atoms with Crippen molar-refractivity contribution < 1.29 is 29.0 Å². The van der Waals surface area contributed by atoms with Crippen LogP contribution in [0.25, 0.3) is 0 Å². The van der Waals surface area contributed by atoms with Gasteiger partial charge in [0, 0.05) is 24.0 Å². The zero-order valence-corrected chi connectivity index (χ0v) is 18.9. The first kappa shape index (κ1) is 23.0. The van der Waals surface area contributed by atoms with Gasteiger partial charge in [-0.2, -0.15) is 0 Å². The number of ether oxygens (including phenoxy) is 2. The molecule has 3 fully saturated rings. The smallest absolute Gasteiger partial charge is 0.312 e. The fourth-order valence-corrected chi connectivity index (χ4v) is 6.06. The highest BCUT2D eigenvalue weighted by Gasteiger charge is 2.77. The molecule has 1 N–H and O–H groups in total. The summed E-state index contributed by atoms with van der Waals surface area (Å²) in [6.45, 7) is 11.1. The minimum Gasteiger partial charge on any atom is -0.461 e. The molecule has 6 atom stereocenters. The number of hydrogen-bond donors (Lipinski definition) is 1. The predicted octanol–water partition coefficient (Wildman–Crippen LogP) is 0.879. The van der Waals surface area contributed by atoms with Crippen molar-refractivity contribution in [2.45, 2.75) is 48.9 Å². The molecule has 9 heteroatoms. The number of alkyl halides is 1. The van der Waals surface area contributed by atoms with E-state index in [0.717, 1.165) is 0 Å². The van der Waals surface area contributed by atoms with E-state index in [1.54, 1.807) is 11.0 Å². The summed E-state index contributed by atoms with van der Waals surface area (Å²) in [5.41, 5.74) is -1.14. The van der Waals surface area contributed by atoms with E-state index in [-0.39, 0.29) is 42.4 Å². The first-order chi connectivity index (χ1) is 14.2. The number of hydrogen-bond acceptors (Lipinski definition) is 6. The number of halogens is 1. The molecule has 3 aliphatic heterocycles. The number of esters is 1. The zero-order valence-electron chi connectivity index (χ0n) is 17.3. The second kappa shape index (κ2) is 8.80. The first-order valence-corrected chi connectivity index (χ1v) is 11.1. The van der Waals surface area contributed by atoms with Crippen molar-refractivity contribution >= 4 is 33.7 Å². The Kier molecular flexibility index (Phi) is 6.74. The van der Waals surface area contributed by atoms with E-state index in [9.17, 15) is 19.5 Å². The standard InChI is InChI=1S/C21H29BrN2O6/c1-5-7-23(12(3)4)19(27)17-21-11-13(22)16(30-21)14(20(28)29-10-6-2)15(21)18(26)24(17)8-9-25/h5-6,12-17,25H,1-2,7-11H2,3-4H3/t13?,14-,15-,16-,17?,21?/m0/s1. The quantitative estimate of drug-likeness (QED) is 0.296. The fraction of sp³-hybridized carbons (Fsp3) is 0.667. The number of β-amino-alcohol motifs (C(OH)–C–C–N with tert-alkyl or cyclic N) is 1. The number of amides is 2. The summed E-state index contributed by atoms with van der Waals surface area (Å²) in [7, 11) is 0. The molecule has 0 aromatic carbocycles. The third kappa shape index (κ3) is 3.40. The molecule has 3 rings (SSSR count). The highest BCUT2D eigenvalue weighted by molar-refractivity contribution is 9.09. The molecular weight excluding hydrogens is 456 g/mol. The largest absolute Gasteiger partial charge is 0.461 e. The van der Waals surface area contributed by atoms with Crippen molar-refractivity contribution in [3.8, 4) is 0 Å². The summed E-state index contributed by atoms with van der Waals surface area (Å²) in [6, 6.07) is -1.05. The molecule has 1 spiro atoms. The molecule has 8 nitrogen and oxygen atoms in total. The van der Waals surface area contributed by atoms with Crippen LogP contribution >= 0.6 is 15.9 Å². The van der Waals surface area contributed by atoms with Crippen molar-refractivity contribution in [1.82, 2.24) is 9.80 Å². The Bertz CT molecular complexity index is 743. The third-order valence-corrected chi connectivity index (χ3v) is 7.06. The van der Waals surface area contributed by atoms with E-state index >= 15 is 0 Å². The molecule has 3 heterocycles. The molecule has 3 aliphatic rings. The molecule has 0 aliphatic carbocycles. The number of fused-ring (bicyclic) bond motifs is 1. The summed E-state index contributed by atoms with van der Waals surface area (Å²) in [4.78, 5) is 42.7. The van der Waals surface area contributed by atoms with Crippen LogP contribution in [0, 0.1) is 11.8 Å². The number of carbonyl (C=O) groups excluding carboxylic acids is 3. The van der Waals surface area contributed by atoms with Gasteiger partial charge in [0.2, 0.25) is 11.8 Å². The number of nitrogens with zero attached hydrogens (tertiary/aromatic N) is 2. The van der Waals surface area contributed by atoms with Crippen molar-refractivity contribution in [3.63, 3.8) is 0 Å². The highest BCUT2D eigenvalue weighted by Crippen LogP contribution is 2.60. The van der Waals surface area contributed by atoms with E-state index in [2.05, 4.69) is 29.1 Å². The zero-order chi connectivity index (χ0) is 22.2. The summed E-state index contributed by atoms with van der Waals surface area (Å²) >= 11 is 3.58. The van der Waals surface area contributed by atoms with Crippen LogP contribution in [0.3, 0.4) is 0 Å². The lowest BCUT2D eigenvalue weighted by molar-refractivity contribution is -0.154. The van der Waals surface area contributed by atoms with Gasteiger partial charge in [-0.15, -0.1) is 6.58 Å². The van der Waals surface area contributed by atoms with E-state index in [1.165, 1.54) is 11.0 Å². The second-order valence-corrected chi connectivity index (χ2v) is 9.39. The molecule has 30 heavy (non-hydrogen) atoms. The Hall–Kier alpha value is -1.71. The Morgan fingerprint density at radius 1 is 1.43 bits per heavy atom. The van der Waals surface area contributed by atoms with Crippen LogP contribution in [0.15, 0.2) is 25.3 Å². The lowest BCUT2D eigenvalue weighted by atomic mass is 9.70. The van der Waals surface area contributed by atoms with Gasteiger partial charge in [0.1, 0.15) is 18.2 Å². The minimum atomic E-state index is -1.14. The van der Waals surface area contributed by atoms with Gasteiger partial charge in [-0.25, -0.2) is 0 Å². The number of aliphatic hydroxyl groups is 1. The van der Waals surface area contributed by atoms with Crippen molar-refractivity contribution in [2.24, 2.45) is 11.8 Å². The Morgan fingerprint density at radius 3 is 2.70 bits per heavy atom. The number of rotatable bonds is 9. The van der Waals surface area contributed by atoms with Gasteiger partial charge in [0.15, 0.2) is 0 Å². The maximum atomic E-state index is 13.7. The molecule has 166 valence electrons. The van der Waals surface area contributed by atoms with Gasteiger partial charge in [0.05, 0.1) is 24.5 Å². The van der Waals surface area contributed by atoms with Crippen LogP contribution < -0.4 is 0 Å². The lowest BCUT2D eigenvalue weighted by Gasteiger charge is -2.38. The SMILES string of the molecule is C=CCOC(=O)[C@H]1[C@H]2C(=O)N(CCO)C(C(=O)N(CC=C)C(C)C)C23CC(Br)[C@@H]1O3. The first-order valence-electron chi connectivity index (χ1n) is 10.2. The molecule has 2 bridgehead atoms. The van der Waals surface area contributed by atoms with Gasteiger partial charge in [-0.1, -0.05) is 34.7 Å². The fourth-order valence-electron chi connectivity index (χ4n) is 5.12. The third-order valence-electron chi connectivity index (χ3n) is 6.21. The number of likely N-dealkylation sites (tertiary alicyclic amines) is 1. The summed E-state index contributed by atoms with van der Waals surface area (Å²) in [6.07, 6.45) is 2.95. The number of carbonyl (C=O) groups is 3. The van der Waals surface area contributed by atoms with Crippen LogP contribution in [-0.4, -0.2) is 87.6 Å². The Balaban J connectivity index is 2.04. The molecule has 0 radical (unpaired) electrons. The maximum absolute atomic E-state index is 13.7. The van der Waals surface area contributed by atoms with Crippen LogP contribution in [0.2, 0.25) is 0 Å². The molecule has 2 amide bonds. The van der Waals surface area contributed by atoms with Crippen LogP contribution in [-0.2, 0) is 23.9 Å². The van der Waals surface area contributed by atoms with Gasteiger partial charge < -0.3 is 24.4 Å². The van der Waals surface area contributed by atoms with Gasteiger partial charge in [-0.05, 0) is 20.3 Å². The van der Waals surface area contributed by atoms with E-state index in [1.807, 2.05) is 13.8 Å². The van der Waals surface area contributed by atoms with Crippen LogP contribution in [0.1, 0.15) is 20.3 Å². The normalized spacial score (nSPS) is 34.2. The van der Waals surface area contributed by atoms with Crippen LogP contribution in [0.5, 0.6) is 0 Å². The summed E-state index contributed by atoms with van der Waals surface area (Å²) in [5.74, 6) is -2.80. The molecule has 0 saturated carbocycles. The highest BCUT2D eigenvalue weighted by atomic mass is 79.9. The topological polar surface area (TPSA) is 96.4 Å². The minimum absolute atomic E-state index is 0.0110. The van der Waals surface area contributed by atoms with Crippen molar-refractivity contribution in [2.75, 3.05) is 26.3 Å².